The standard InChI is InChI=1S/C17H16FN3O3S2/c18-14-1-3-15(4-2-14)26(23,24)21-8-5-12(6-9-21)16(22)20-17-13(11-19)7-10-25-17/h1-4,7,10,12H,5-6,8-9H2,(H,20,22). The molecule has 1 N–H and O–H groups in total. The summed E-state index contributed by atoms with van der Waals surface area (Å²) in [4.78, 5) is 12.4. The highest BCUT2D eigenvalue weighted by atomic mass is 32.2. The van der Waals surface area contributed by atoms with Crippen molar-refractivity contribution in [2.75, 3.05) is 18.4 Å². The van der Waals surface area contributed by atoms with Gasteiger partial charge in [0.2, 0.25) is 15.9 Å². The maximum absolute atomic E-state index is 13.0. The summed E-state index contributed by atoms with van der Waals surface area (Å²) >= 11 is 1.28. The van der Waals surface area contributed by atoms with Crippen LogP contribution in [0.3, 0.4) is 0 Å². The molecule has 0 radical (unpaired) electrons. The topological polar surface area (TPSA) is 90.3 Å². The van der Waals surface area contributed by atoms with Crippen molar-refractivity contribution in [2.24, 2.45) is 5.92 Å². The summed E-state index contributed by atoms with van der Waals surface area (Å²) in [6, 6.07) is 8.35. The third-order valence-electron chi connectivity index (χ3n) is 4.30. The SMILES string of the molecule is N#Cc1ccsc1NC(=O)C1CCN(S(=O)(=O)c2ccc(F)cc2)CC1. The minimum atomic E-state index is -3.69. The van der Waals surface area contributed by atoms with Crippen molar-refractivity contribution < 1.29 is 17.6 Å². The smallest absolute Gasteiger partial charge is 0.243 e. The first kappa shape index (κ1) is 18.5. The molecular formula is C17H16FN3O3S2. The average molecular weight is 393 g/mol. The molecule has 0 aliphatic carbocycles. The van der Waals surface area contributed by atoms with E-state index in [-0.39, 0.29) is 29.8 Å². The third kappa shape index (κ3) is 3.77. The van der Waals surface area contributed by atoms with E-state index >= 15 is 0 Å². The number of benzene rings is 1. The number of rotatable bonds is 4. The van der Waals surface area contributed by atoms with Crippen molar-refractivity contribution in [1.82, 2.24) is 4.31 Å². The monoisotopic (exact) mass is 393 g/mol. The number of piperidine rings is 1. The highest BCUT2D eigenvalue weighted by molar-refractivity contribution is 7.89. The lowest BCUT2D eigenvalue weighted by atomic mass is 9.97. The van der Waals surface area contributed by atoms with Crippen LogP contribution < -0.4 is 5.32 Å². The predicted octanol–water partition coefficient (Wildman–Crippen LogP) is 2.80. The van der Waals surface area contributed by atoms with Gasteiger partial charge in [-0.05, 0) is 48.6 Å². The summed E-state index contributed by atoms with van der Waals surface area (Å²) < 4.78 is 39.5. The van der Waals surface area contributed by atoms with E-state index in [0.717, 1.165) is 12.1 Å². The number of hydrogen-bond acceptors (Lipinski definition) is 5. The number of sulfonamides is 1. The molecular weight excluding hydrogens is 377 g/mol. The molecule has 3 rings (SSSR count). The highest BCUT2D eigenvalue weighted by Gasteiger charge is 2.32. The lowest BCUT2D eigenvalue weighted by molar-refractivity contribution is -0.120. The summed E-state index contributed by atoms with van der Waals surface area (Å²) in [5.41, 5.74) is 0.416. The van der Waals surface area contributed by atoms with Crippen molar-refractivity contribution >= 4 is 32.3 Å². The Balaban J connectivity index is 1.63. The van der Waals surface area contributed by atoms with Crippen molar-refractivity contribution in [3.63, 3.8) is 0 Å². The molecule has 0 atom stereocenters. The molecule has 0 bridgehead atoms. The van der Waals surface area contributed by atoms with E-state index in [9.17, 15) is 17.6 Å². The number of amides is 1. The number of nitrogens with one attached hydrogen (secondary N) is 1. The maximum atomic E-state index is 13.0. The maximum Gasteiger partial charge on any atom is 0.243 e. The van der Waals surface area contributed by atoms with Gasteiger partial charge < -0.3 is 5.32 Å². The van der Waals surface area contributed by atoms with E-state index in [1.165, 1.54) is 27.8 Å². The summed E-state index contributed by atoms with van der Waals surface area (Å²) in [7, 11) is -3.69. The zero-order valence-electron chi connectivity index (χ0n) is 13.7. The van der Waals surface area contributed by atoms with Crippen LogP contribution in [-0.2, 0) is 14.8 Å². The van der Waals surface area contributed by atoms with E-state index in [1.54, 1.807) is 11.4 Å². The molecule has 136 valence electrons. The Morgan fingerprint density at radius 3 is 2.50 bits per heavy atom. The first-order valence-electron chi connectivity index (χ1n) is 7.96. The van der Waals surface area contributed by atoms with Crippen molar-refractivity contribution in [2.45, 2.75) is 17.7 Å². The zero-order chi connectivity index (χ0) is 18.7. The van der Waals surface area contributed by atoms with Crippen LogP contribution in [0.25, 0.3) is 0 Å². The first-order chi connectivity index (χ1) is 12.4. The van der Waals surface area contributed by atoms with Crippen LogP contribution in [0.2, 0.25) is 0 Å². The second kappa shape index (κ2) is 7.53. The lowest BCUT2D eigenvalue weighted by Gasteiger charge is -2.30. The molecule has 2 aromatic rings. The Hall–Kier alpha value is -2.28. The molecule has 1 fully saturated rings. The van der Waals surface area contributed by atoms with Gasteiger partial charge in [-0.1, -0.05) is 0 Å². The second-order valence-electron chi connectivity index (χ2n) is 5.90. The Kier molecular flexibility index (Phi) is 5.36. The molecule has 1 aromatic carbocycles. The fourth-order valence-electron chi connectivity index (χ4n) is 2.82. The number of carbonyl (C=O) groups excluding carboxylic acids is 1. The van der Waals surface area contributed by atoms with Crippen molar-refractivity contribution in [3.05, 3.63) is 47.1 Å². The molecule has 0 spiro atoms. The molecule has 1 amide bonds. The molecule has 1 aromatic heterocycles. The molecule has 0 saturated carbocycles. The van der Waals surface area contributed by atoms with E-state index in [1.807, 2.05) is 6.07 Å². The van der Waals surface area contributed by atoms with Gasteiger partial charge in [0.25, 0.3) is 0 Å². The van der Waals surface area contributed by atoms with Crippen LogP contribution in [-0.4, -0.2) is 31.7 Å². The van der Waals surface area contributed by atoms with Crippen molar-refractivity contribution in [3.8, 4) is 6.07 Å². The average Bonchev–Trinajstić information content (AvgIpc) is 3.09. The Morgan fingerprint density at radius 2 is 1.88 bits per heavy atom. The van der Waals surface area contributed by atoms with Crippen LogP contribution in [0.15, 0.2) is 40.6 Å². The number of nitrogens with zero attached hydrogens (tertiary/aromatic N) is 2. The van der Waals surface area contributed by atoms with Gasteiger partial charge in [-0.15, -0.1) is 11.3 Å². The number of carbonyl (C=O) groups is 1. The van der Waals surface area contributed by atoms with Gasteiger partial charge in [0.1, 0.15) is 16.9 Å². The zero-order valence-corrected chi connectivity index (χ0v) is 15.3. The highest BCUT2D eigenvalue weighted by Crippen LogP contribution is 2.27. The molecule has 1 aliphatic rings. The lowest BCUT2D eigenvalue weighted by Crippen LogP contribution is -2.41. The van der Waals surface area contributed by atoms with E-state index in [2.05, 4.69) is 5.32 Å². The van der Waals surface area contributed by atoms with E-state index < -0.39 is 15.8 Å². The van der Waals surface area contributed by atoms with Gasteiger partial charge in [-0.25, -0.2) is 12.8 Å². The summed E-state index contributed by atoms with van der Waals surface area (Å²) in [6.07, 6.45) is 0.777. The van der Waals surface area contributed by atoms with Crippen LogP contribution >= 0.6 is 11.3 Å². The first-order valence-corrected chi connectivity index (χ1v) is 10.3. The quantitative estimate of drug-likeness (QED) is 0.865. The fraction of sp³-hybridized carbons (Fsp3) is 0.294. The minimum absolute atomic E-state index is 0.0408. The van der Waals surface area contributed by atoms with Crippen LogP contribution in [0.4, 0.5) is 9.39 Å². The number of hydrogen-bond donors (Lipinski definition) is 1. The van der Waals surface area contributed by atoms with Gasteiger partial charge in [-0.2, -0.15) is 9.57 Å². The molecule has 9 heteroatoms. The summed E-state index contributed by atoms with van der Waals surface area (Å²) in [5, 5.41) is 14.0. The third-order valence-corrected chi connectivity index (χ3v) is 7.04. The Labute approximate surface area is 154 Å². The number of halogens is 1. The molecule has 0 unspecified atom stereocenters. The van der Waals surface area contributed by atoms with Gasteiger partial charge >= 0.3 is 0 Å². The van der Waals surface area contributed by atoms with E-state index in [0.29, 0.717) is 23.4 Å². The number of nitriles is 1. The minimum Gasteiger partial charge on any atom is -0.316 e. The Bertz CT molecular complexity index is 940. The normalized spacial score (nSPS) is 16.2. The molecule has 6 nitrogen and oxygen atoms in total. The summed E-state index contributed by atoms with van der Waals surface area (Å²) in [6.45, 7) is 0.431. The second-order valence-corrected chi connectivity index (χ2v) is 8.75. The van der Waals surface area contributed by atoms with Gasteiger partial charge in [0.15, 0.2) is 0 Å². The van der Waals surface area contributed by atoms with Gasteiger partial charge in [0, 0.05) is 19.0 Å². The number of anilines is 1. The predicted molar refractivity (Wildman–Crippen MR) is 95.5 cm³/mol. The van der Waals surface area contributed by atoms with Crippen LogP contribution in [0.1, 0.15) is 18.4 Å². The summed E-state index contributed by atoms with van der Waals surface area (Å²) in [5.74, 6) is -1.02. The van der Waals surface area contributed by atoms with Crippen molar-refractivity contribution in [1.29, 1.82) is 5.26 Å². The molecule has 1 saturated heterocycles. The van der Waals surface area contributed by atoms with Gasteiger partial charge in [0.05, 0.1) is 10.5 Å². The number of thiophene rings is 1. The molecule has 1 aliphatic heterocycles. The van der Waals surface area contributed by atoms with E-state index in [4.69, 9.17) is 5.26 Å². The molecule has 2 heterocycles. The fourth-order valence-corrected chi connectivity index (χ4v) is 5.03. The van der Waals surface area contributed by atoms with Crippen LogP contribution in [0.5, 0.6) is 0 Å². The Morgan fingerprint density at radius 1 is 1.23 bits per heavy atom. The largest absolute Gasteiger partial charge is 0.316 e. The van der Waals surface area contributed by atoms with Gasteiger partial charge in [-0.3, -0.25) is 4.79 Å². The molecule has 26 heavy (non-hydrogen) atoms. The van der Waals surface area contributed by atoms with Crippen LogP contribution in [0, 0.1) is 23.1 Å².